The van der Waals surface area contributed by atoms with E-state index < -0.39 is 0 Å². The van der Waals surface area contributed by atoms with Crippen LogP contribution >= 0.6 is 11.8 Å². The van der Waals surface area contributed by atoms with Gasteiger partial charge in [-0.1, -0.05) is 48.2 Å². The summed E-state index contributed by atoms with van der Waals surface area (Å²) in [6, 6.07) is 14.4. The lowest BCUT2D eigenvalue weighted by Gasteiger charge is -2.24. The number of carbonyl (C=O) groups is 1. The number of benzene rings is 2. The molecule has 0 fully saturated rings. The van der Waals surface area contributed by atoms with E-state index in [-0.39, 0.29) is 17.5 Å². The molecule has 0 aliphatic rings. The molecule has 0 saturated carbocycles. The maximum absolute atomic E-state index is 13.3. The lowest BCUT2D eigenvalue weighted by atomic mass is 10.1. The number of likely N-dealkylation sites (N-methyl/N-ethyl adjacent to an activating group) is 1. The second kappa shape index (κ2) is 11.2. The molecule has 0 aliphatic carbocycles. The van der Waals surface area contributed by atoms with Crippen LogP contribution in [0.2, 0.25) is 0 Å². The lowest BCUT2D eigenvalue weighted by molar-refractivity contribution is -0.129. The Balaban J connectivity index is 1.72. The van der Waals surface area contributed by atoms with Gasteiger partial charge in [0.05, 0.1) is 5.75 Å². The van der Waals surface area contributed by atoms with Gasteiger partial charge in [0.2, 0.25) is 5.91 Å². The molecule has 1 amide bonds. The summed E-state index contributed by atoms with van der Waals surface area (Å²) in [5, 5.41) is 9.49. The normalized spacial score (nSPS) is 11.2. The molecule has 2 aromatic carbocycles. The van der Waals surface area contributed by atoms with Gasteiger partial charge < -0.3 is 14.4 Å². The van der Waals surface area contributed by atoms with Crippen molar-refractivity contribution in [2.24, 2.45) is 0 Å². The number of thioether (sulfide) groups is 1. The number of nitrogens with zero attached hydrogens (tertiary/aromatic N) is 5. The van der Waals surface area contributed by atoms with Crippen LogP contribution < -0.4 is 0 Å². The Morgan fingerprint density at radius 3 is 2.44 bits per heavy atom. The lowest BCUT2D eigenvalue weighted by Crippen LogP contribution is -2.37. The molecular weight excluding hydrogens is 425 g/mol. The van der Waals surface area contributed by atoms with E-state index in [2.05, 4.69) is 30.1 Å². The first-order valence-corrected chi connectivity index (χ1v) is 11.7. The third-order valence-electron chi connectivity index (χ3n) is 5.20. The quantitative estimate of drug-likeness (QED) is 0.431. The number of amides is 1. The summed E-state index contributed by atoms with van der Waals surface area (Å²) in [7, 11) is 3.96. The highest BCUT2D eigenvalue weighted by Gasteiger charge is 2.19. The van der Waals surface area contributed by atoms with E-state index in [0.717, 1.165) is 34.2 Å². The molecule has 0 radical (unpaired) electrons. The molecule has 170 valence electrons. The molecular formula is C24H30FN5OS. The van der Waals surface area contributed by atoms with Crippen molar-refractivity contribution in [3.8, 4) is 11.4 Å². The first kappa shape index (κ1) is 23.9. The molecule has 3 aromatic rings. The standard InChI is InChI=1S/C24H30FN5OS/c1-5-30-23(21-9-7-6-8-18(21)2)26-27-24(30)32-17-22(31)29(15-14-28(3)4)16-19-10-12-20(25)13-11-19/h6-13H,5,14-17H2,1-4H3. The fourth-order valence-electron chi connectivity index (χ4n) is 3.34. The number of rotatable bonds is 10. The number of aryl methyl sites for hydroxylation is 1. The molecule has 0 aliphatic heterocycles. The van der Waals surface area contributed by atoms with Crippen molar-refractivity contribution in [2.75, 3.05) is 32.9 Å². The van der Waals surface area contributed by atoms with Gasteiger partial charge in [-0.3, -0.25) is 4.79 Å². The van der Waals surface area contributed by atoms with Crippen molar-refractivity contribution in [1.82, 2.24) is 24.6 Å². The van der Waals surface area contributed by atoms with Gasteiger partial charge in [-0.15, -0.1) is 10.2 Å². The maximum atomic E-state index is 13.3. The number of hydrogen-bond donors (Lipinski definition) is 0. The number of carbonyl (C=O) groups excluding carboxylic acids is 1. The van der Waals surface area contributed by atoms with E-state index in [1.165, 1.54) is 23.9 Å². The van der Waals surface area contributed by atoms with Gasteiger partial charge in [0.25, 0.3) is 0 Å². The smallest absolute Gasteiger partial charge is 0.233 e. The summed E-state index contributed by atoms with van der Waals surface area (Å²) in [5.41, 5.74) is 3.09. The predicted octanol–water partition coefficient (Wildman–Crippen LogP) is 4.10. The van der Waals surface area contributed by atoms with Gasteiger partial charge in [-0.25, -0.2) is 4.39 Å². The van der Waals surface area contributed by atoms with Gasteiger partial charge >= 0.3 is 0 Å². The Hall–Kier alpha value is -2.71. The predicted molar refractivity (Wildman–Crippen MR) is 127 cm³/mol. The molecule has 0 unspecified atom stereocenters. The average Bonchev–Trinajstić information content (AvgIpc) is 3.19. The molecule has 0 N–H and O–H groups in total. The molecule has 6 nitrogen and oxygen atoms in total. The Morgan fingerprint density at radius 1 is 1.06 bits per heavy atom. The van der Waals surface area contributed by atoms with Gasteiger partial charge in [0, 0.05) is 31.7 Å². The largest absolute Gasteiger partial charge is 0.336 e. The fraction of sp³-hybridized carbons (Fsp3) is 0.375. The molecule has 8 heteroatoms. The van der Waals surface area contributed by atoms with Gasteiger partial charge in [0.1, 0.15) is 5.82 Å². The highest BCUT2D eigenvalue weighted by molar-refractivity contribution is 7.99. The molecule has 0 bridgehead atoms. The van der Waals surface area contributed by atoms with Crippen LogP contribution in [0.25, 0.3) is 11.4 Å². The van der Waals surface area contributed by atoms with Gasteiger partial charge in [0.15, 0.2) is 11.0 Å². The molecule has 1 heterocycles. The van der Waals surface area contributed by atoms with Gasteiger partial charge in [-0.05, 0) is 51.2 Å². The summed E-state index contributed by atoms with van der Waals surface area (Å²) in [6.45, 7) is 6.61. The third kappa shape index (κ3) is 6.17. The van der Waals surface area contributed by atoms with Crippen LogP contribution in [0.3, 0.4) is 0 Å². The van der Waals surface area contributed by atoms with E-state index in [0.29, 0.717) is 19.6 Å². The maximum Gasteiger partial charge on any atom is 0.233 e. The van der Waals surface area contributed by atoms with Crippen molar-refractivity contribution in [3.63, 3.8) is 0 Å². The molecule has 0 spiro atoms. The Morgan fingerprint density at radius 2 is 1.78 bits per heavy atom. The van der Waals surface area contributed by atoms with Gasteiger partial charge in [-0.2, -0.15) is 0 Å². The highest BCUT2D eigenvalue weighted by Crippen LogP contribution is 2.26. The zero-order chi connectivity index (χ0) is 23.1. The first-order chi connectivity index (χ1) is 15.4. The number of aromatic nitrogens is 3. The summed E-state index contributed by atoms with van der Waals surface area (Å²) in [5.74, 6) is 0.819. The Bertz CT molecular complexity index is 1040. The van der Waals surface area contributed by atoms with Crippen molar-refractivity contribution in [1.29, 1.82) is 0 Å². The Labute approximate surface area is 193 Å². The second-order valence-electron chi connectivity index (χ2n) is 7.90. The molecule has 0 saturated heterocycles. The number of hydrogen-bond acceptors (Lipinski definition) is 5. The third-order valence-corrected chi connectivity index (χ3v) is 6.15. The molecule has 32 heavy (non-hydrogen) atoms. The van der Waals surface area contributed by atoms with Crippen LogP contribution in [0.5, 0.6) is 0 Å². The minimum absolute atomic E-state index is 0.0178. The Kier molecular flexibility index (Phi) is 8.41. The number of halogens is 1. The summed E-state index contributed by atoms with van der Waals surface area (Å²) in [4.78, 5) is 16.9. The van der Waals surface area contributed by atoms with Crippen molar-refractivity contribution in [3.05, 3.63) is 65.5 Å². The van der Waals surface area contributed by atoms with E-state index >= 15 is 0 Å². The topological polar surface area (TPSA) is 54.3 Å². The van der Waals surface area contributed by atoms with Crippen molar-refractivity contribution < 1.29 is 9.18 Å². The van der Waals surface area contributed by atoms with Crippen molar-refractivity contribution in [2.45, 2.75) is 32.1 Å². The van der Waals surface area contributed by atoms with E-state index in [9.17, 15) is 9.18 Å². The van der Waals surface area contributed by atoms with Crippen molar-refractivity contribution >= 4 is 17.7 Å². The molecule has 1 aromatic heterocycles. The van der Waals surface area contributed by atoms with Crippen LogP contribution in [0.15, 0.2) is 53.7 Å². The van der Waals surface area contributed by atoms with Crippen LogP contribution in [0.4, 0.5) is 4.39 Å². The minimum atomic E-state index is -0.279. The highest BCUT2D eigenvalue weighted by atomic mass is 32.2. The summed E-state index contributed by atoms with van der Waals surface area (Å²) in [6.07, 6.45) is 0. The monoisotopic (exact) mass is 455 g/mol. The second-order valence-corrected chi connectivity index (χ2v) is 8.84. The minimum Gasteiger partial charge on any atom is -0.336 e. The molecule has 3 rings (SSSR count). The fourth-order valence-corrected chi connectivity index (χ4v) is 4.25. The molecule has 0 atom stereocenters. The average molecular weight is 456 g/mol. The van der Waals surface area contributed by atoms with E-state index in [4.69, 9.17) is 0 Å². The zero-order valence-corrected chi connectivity index (χ0v) is 19.9. The van der Waals surface area contributed by atoms with Crippen LogP contribution in [0, 0.1) is 12.7 Å². The van der Waals surface area contributed by atoms with Crippen LogP contribution in [0.1, 0.15) is 18.1 Å². The summed E-state index contributed by atoms with van der Waals surface area (Å²) >= 11 is 1.40. The van der Waals surface area contributed by atoms with E-state index in [1.54, 1.807) is 12.1 Å². The van der Waals surface area contributed by atoms with Crippen LogP contribution in [-0.2, 0) is 17.9 Å². The summed E-state index contributed by atoms with van der Waals surface area (Å²) < 4.78 is 15.3. The van der Waals surface area contributed by atoms with Crippen LogP contribution in [-0.4, -0.2) is 63.4 Å². The first-order valence-electron chi connectivity index (χ1n) is 10.7. The SMILES string of the molecule is CCn1c(SCC(=O)N(CCN(C)C)Cc2ccc(F)cc2)nnc1-c1ccccc1C. The zero-order valence-electron chi connectivity index (χ0n) is 19.1. The van der Waals surface area contributed by atoms with E-state index in [1.807, 2.05) is 46.7 Å².